The third kappa shape index (κ3) is 4.95. The van der Waals surface area contributed by atoms with Crippen molar-refractivity contribution in [2.45, 2.75) is 26.3 Å². The summed E-state index contributed by atoms with van der Waals surface area (Å²) in [5.41, 5.74) is 1.58. The van der Waals surface area contributed by atoms with Gasteiger partial charge in [-0.15, -0.1) is 13.2 Å². The van der Waals surface area contributed by atoms with E-state index >= 15 is 0 Å². The fourth-order valence-electron chi connectivity index (χ4n) is 4.45. The lowest BCUT2D eigenvalue weighted by atomic mass is 9.93. The molecule has 1 aliphatic rings. The summed E-state index contributed by atoms with van der Waals surface area (Å²) in [5.74, 6) is -3.00. The Kier molecular flexibility index (Phi) is 6.60. The summed E-state index contributed by atoms with van der Waals surface area (Å²) in [6.45, 7) is 3.54. The van der Waals surface area contributed by atoms with Crippen LogP contribution in [0, 0.1) is 13.8 Å². The number of rotatable bonds is 5. The van der Waals surface area contributed by atoms with Crippen LogP contribution >= 0.6 is 0 Å². The minimum absolute atomic E-state index is 0.0617. The number of alkyl halides is 3. The lowest BCUT2D eigenvalue weighted by molar-refractivity contribution is -0.274. The average molecular weight is 513 g/mol. The molecule has 3 aromatic carbocycles. The van der Waals surface area contributed by atoms with E-state index in [2.05, 4.69) is 4.74 Å². The molecule has 0 radical (unpaired) electrons. The van der Waals surface area contributed by atoms with Gasteiger partial charge in [0.2, 0.25) is 0 Å². The maximum Gasteiger partial charge on any atom is 0.573 e. The molecule has 1 amide bonds. The molecule has 192 valence electrons. The van der Waals surface area contributed by atoms with E-state index in [1.165, 1.54) is 43.5 Å². The van der Waals surface area contributed by atoms with Gasteiger partial charge in [0.15, 0.2) is 0 Å². The molecule has 1 atom stereocenters. The van der Waals surface area contributed by atoms with Gasteiger partial charge in [-0.2, -0.15) is 0 Å². The molecule has 0 spiro atoms. The van der Waals surface area contributed by atoms with E-state index in [-0.39, 0.29) is 22.6 Å². The van der Waals surface area contributed by atoms with Gasteiger partial charge in [-0.1, -0.05) is 24.3 Å². The number of ether oxygens (including phenoxy) is 2. The molecule has 2 N–H and O–H groups in total. The molecule has 1 unspecified atom stereocenters. The third-order valence-corrected chi connectivity index (χ3v) is 5.86. The Morgan fingerprint density at radius 2 is 1.68 bits per heavy atom. The first-order chi connectivity index (χ1) is 17.4. The van der Waals surface area contributed by atoms with E-state index in [4.69, 9.17) is 4.74 Å². The highest BCUT2D eigenvalue weighted by atomic mass is 19.4. The van der Waals surface area contributed by atoms with Gasteiger partial charge in [-0.3, -0.25) is 14.5 Å². The second-order valence-electron chi connectivity index (χ2n) is 8.47. The average Bonchev–Trinajstić information content (AvgIpc) is 3.08. The highest BCUT2D eigenvalue weighted by molar-refractivity contribution is 6.51. The molecule has 0 aliphatic carbocycles. The molecule has 10 heteroatoms. The van der Waals surface area contributed by atoms with Gasteiger partial charge in [0.1, 0.15) is 23.0 Å². The maximum absolute atomic E-state index is 13.3. The van der Waals surface area contributed by atoms with Crippen molar-refractivity contribution in [3.63, 3.8) is 0 Å². The Hall–Kier alpha value is -4.47. The summed E-state index contributed by atoms with van der Waals surface area (Å²) in [4.78, 5) is 27.6. The molecule has 1 heterocycles. The number of Topliss-reactive ketones (excluding diaryl/α,β-unsaturated/α-hetero) is 1. The molecule has 37 heavy (non-hydrogen) atoms. The molecule has 0 saturated carbocycles. The zero-order valence-corrected chi connectivity index (χ0v) is 20.0. The fraction of sp³-hybridized carbons (Fsp3) is 0.185. The minimum Gasteiger partial charge on any atom is -0.508 e. The van der Waals surface area contributed by atoms with Crippen LogP contribution in [-0.2, 0) is 9.59 Å². The van der Waals surface area contributed by atoms with E-state index in [9.17, 15) is 33.0 Å². The second-order valence-corrected chi connectivity index (χ2v) is 8.47. The van der Waals surface area contributed by atoms with E-state index in [0.29, 0.717) is 16.9 Å². The predicted molar refractivity (Wildman–Crippen MR) is 128 cm³/mol. The summed E-state index contributed by atoms with van der Waals surface area (Å²) in [7, 11) is 1.40. The zero-order valence-electron chi connectivity index (χ0n) is 20.0. The normalized spacial score (nSPS) is 17.2. The number of aliphatic hydroxyl groups excluding tert-OH is 1. The molecule has 7 nitrogen and oxygen atoms in total. The first-order valence-corrected chi connectivity index (χ1v) is 11.0. The second kappa shape index (κ2) is 9.53. The zero-order chi connectivity index (χ0) is 27.1. The van der Waals surface area contributed by atoms with Crippen LogP contribution < -0.4 is 14.4 Å². The number of phenolic OH excluding ortho intramolecular Hbond substituents is 1. The van der Waals surface area contributed by atoms with Crippen molar-refractivity contribution in [2.24, 2.45) is 0 Å². The fourth-order valence-corrected chi connectivity index (χ4v) is 4.45. The van der Waals surface area contributed by atoms with Crippen LogP contribution in [0.4, 0.5) is 18.9 Å². The largest absolute Gasteiger partial charge is 0.573 e. The number of carbonyl (C=O) groups is 2. The van der Waals surface area contributed by atoms with Crippen LogP contribution in [0.25, 0.3) is 5.76 Å². The first kappa shape index (κ1) is 25.6. The number of carbonyl (C=O) groups excluding carboxylic acids is 2. The first-order valence-electron chi connectivity index (χ1n) is 11.0. The lowest BCUT2D eigenvalue weighted by Gasteiger charge is -2.26. The number of phenols is 1. The van der Waals surface area contributed by atoms with Crippen molar-refractivity contribution in [2.75, 3.05) is 12.0 Å². The van der Waals surface area contributed by atoms with Crippen LogP contribution in [0.15, 0.2) is 66.2 Å². The number of hydrogen-bond acceptors (Lipinski definition) is 6. The van der Waals surface area contributed by atoms with Crippen LogP contribution in [0.5, 0.6) is 17.2 Å². The predicted octanol–water partition coefficient (Wildman–Crippen LogP) is 5.54. The lowest BCUT2D eigenvalue weighted by Crippen LogP contribution is -2.29. The van der Waals surface area contributed by atoms with Crippen LogP contribution in [0.3, 0.4) is 0 Å². The van der Waals surface area contributed by atoms with Gasteiger partial charge in [-0.05, 0) is 60.9 Å². The Balaban J connectivity index is 1.96. The minimum atomic E-state index is -4.97. The van der Waals surface area contributed by atoms with Gasteiger partial charge in [-0.25, -0.2) is 0 Å². The summed E-state index contributed by atoms with van der Waals surface area (Å²) in [6, 6.07) is 12.4. The molecule has 0 aromatic heterocycles. The van der Waals surface area contributed by atoms with Gasteiger partial charge in [0.05, 0.1) is 24.3 Å². The smallest absolute Gasteiger partial charge is 0.508 e. The third-order valence-electron chi connectivity index (χ3n) is 5.86. The molecule has 3 aromatic rings. The van der Waals surface area contributed by atoms with Crippen molar-refractivity contribution in [1.82, 2.24) is 0 Å². The summed E-state index contributed by atoms with van der Waals surface area (Å²) in [5, 5.41) is 21.2. The number of aliphatic hydroxyl groups is 1. The van der Waals surface area contributed by atoms with E-state index in [0.717, 1.165) is 22.6 Å². The number of nitrogens with zero attached hydrogens (tertiary/aromatic N) is 1. The van der Waals surface area contributed by atoms with Gasteiger partial charge >= 0.3 is 6.36 Å². The number of methoxy groups -OCH3 is 1. The van der Waals surface area contributed by atoms with E-state index in [1.807, 2.05) is 6.07 Å². The number of halogens is 3. The van der Waals surface area contributed by atoms with E-state index in [1.54, 1.807) is 19.9 Å². The molecular formula is C27H22F3NO6. The molecule has 1 aliphatic heterocycles. The van der Waals surface area contributed by atoms with Crippen LogP contribution in [0.1, 0.15) is 28.3 Å². The molecule has 1 saturated heterocycles. The number of aryl methyl sites for hydroxylation is 2. The highest BCUT2D eigenvalue weighted by Gasteiger charge is 2.47. The maximum atomic E-state index is 13.3. The quantitative estimate of drug-likeness (QED) is 0.264. The SMILES string of the molecule is COc1c(C)cc(C)cc1/C(O)=C1\C(=O)C(=O)N(c2cccc(OC(F)(F)F)c2)C1c1ccc(O)cc1. The topological polar surface area (TPSA) is 96.3 Å². The van der Waals surface area contributed by atoms with Gasteiger partial charge < -0.3 is 19.7 Å². The summed E-state index contributed by atoms with van der Waals surface area (Å²) < 4.78 is 47.9. The Morgan fingerprint density at radius 1 is 1.00 bits per heavy atom. The molecular weight excluding hydrogens is 491 g/mol. The Bertz CT molecular complexity index is 1410. The van der Waals surface area contributed by atoms with E-state index < -0.39 is 35.6 Å². The number of ketones is 1. The van der Waals surface area contributed by atoms with Crippen molar-refractivity contribution >= 4 is 23.1 Å². The van der Waals surface area contributed by atoms with Crippen molar-refractivity contribution in [1.29, 1.82) is 0 Å². The number of benzene rings is 3. The molecule has 4 rings (SSSR count). The Labute approximate surface area is 210 Å². The number of hydrogen-bond donors (Lipinski definition) is 2. The molecule has 0 bridgehead atoms. The van der Waals surface area contributed by atoms with Crippen LogP contribution in [0.2, 0.25) is 0 Å². The summed E-state index contributed by atoms with van der Waals surface area (Å²) >= 11 is 0. The Morgan fingerprint density at radius 3 is 2.30 bits per heavy atom. The summed E-state index contributed by atoms with van der Waals surface area (Å²) in [6.07, 6.45) is -4.97. The van der Waals surface area contributed by atoms with Crippen molar-refractivity contribution < 1.29 is 42.4 Å². The van der Waals surface area contributed by atoms with Crippen molar-refractivity contribution in [3.8, 4) is 17.2 Å². The van der Waals surface area contributed by atoms with Gasteiger partial charge in [0, 0.05) is 11.8 Å². The van der Waals surface area contributed by atoms with Gasteiger partial charge in [0.25, 0.3) is 11.7 Å². The monoisotopic (exact) mass is 513 g/mol. The molecule has 1 fully saturated rings. The number of anilines is 1. The number of amides is 1. The number of aromatic hydroxyl groups is 1. The van der Waals surface area contributed by atoms with Crippen LogP contribution in [-0.4, -0.2) is 35.4 Å². The van der Waals surface area contributed by atoms with Crippen molar-refractivity contribution in [3.05, 3.63) is 88.5 Å². The highest BCUT2D eigenvalue weighted by Crippen LogP contribution is 2.44. The standard InChI is InChI=1S/C27H22F3NO6/c1-14-11-15(2)25(36-3)20(12-14)23(33)21-22(16-7-9-18(32)10-8-16)31(26(35)24(21)34)17-5-4-6-19(13-17)37-27(28,29)30/h4-13,22,32-33H,1-3H3/b23-21+.